The normalized spacial score (nSPS) is 11.2. The Bertz CT molecular complexity index is 169. The summed E-state index contributed by atoms with van der Waals surface area (Å²) >= 11 is 0. The van der Waals surface area contributed by atoms with Gasteiger partial charge < -0.3 is 5.73 Å². The Morgan fingerprint density at radius 3 is 2.83 bits per heavy atom. The second-order valence-electron chi connectivity index (χ2n) is 2.34. The molecule has 70 valence electrons. The standard InChI is InChI=1S/C6H14N4O2/c1-2-3-4-5-8-6(7)9-10(11)12/h2-5H2,1H3,(H3,7,8,9). The van der Waals surface area contributed by atoms with E-state index in [0.717, 1.165) is 19.3 Å². The van der Waals surface area contributed by atoms with Crippen LogP contribution in [0.1, 0.15) is 26.2 Å². The van der Waals surface area contributed by atoms with Crippen molar-refractivity contribution in [2.24, 2.45) is 10.7 Å². The largest absolute Gasteiger partial charge is 0.365 e. The number of aliphatic imine (C=N–C) groups is 1. The molecule has 0 unspecified atom stereocenters. The summed E-state index contributed by atoms with van der Waals surface area (Å²) in [4.78, 5) is 13.6. The summed E-state index contributed by atoms with van der Waals surface area (Å²) in [5.41, 5.74) is 6.92. The minimum atomic E-state index is -0.724. The van der Waals surface area contributed by atoms with E-state index in [9.17, 15) is 10.1 Å². The molecule has 0 saturated carbocycles. The molecular weight excluding hydrogens is 160 g/mol. The lowest BCUT2D eigenvalue weighted by Crippen LogP contribution is -2.36. The highest BCUT2D eigenvalue weighted by Crippen LogP contribution is 1.92. The van der Waals surface area contributed by atoms with Crippen molar-refractivity contribution >= 4 is 5.96 Å². The first kappa shape index (κ1) is 10.7. The van der Waals surface area contributed by atoms with Crippen LogP contribution in [0.2, 0.25) is 0 Å². The predicted molar refractivity (Wildman–Crippen MR) is 46.1 cm³/mol. The molecule has 0 saturated heterocycles. The highest BCUT2D eigenvalue weighted by molar-refractivity contribution is 5.76. The van der Waals surface area contributed by atoms with Crippen molar-refractivity contribution in [3.05, 3.63) is 10.1 Å². The van der Waals surface area contributed by atoms with Crippen molar-refractivity contribution in [1.82, 2.24) is 5.43 Å². The number of nitrogens with two attached hydrogens (primary N) is 1. The average molecular weight is 174 g/mol. The molecule has 0 atom stereocenters. The van der Waals surface area contributed by atoms with Gasteiger partial charge in [0.2, 0.25) is 0 Å². The van der Waals surface area contributed by atoms with Crippen molar-refractivity contribution in [2.75, 3.05) is 6.54 Å². The molecule has 0 aliphatic heterocycles. The molecule has 0 amide bonds. The minimum Gasteiger partial charge on any atom is -0.365 e. The van der Waals surface area contributed by atoms with E-state index in [2.05, 4.69) is 11.9 Å². The quantitative estimate of drug-likeness (QED) is 0.206. The maximum Gasteiger partial charge on any atom is 0.251 e. The predicted octanol–water partition coefficient (Wildman–Crippen LogP) is 0.273. The number of unbranched alkanes of at least 4 members (excludes halogenated alkanes) is 2. The lowest BCUT2D eigenvalue weighted by atomic mass is 10.2. The maximum atomic E-state index is 9.83. The molecule has 0 aliphatic rings. The van der Waals surface area contributed by atoms with Gasteiger partial charge in [0.15, 0.2) is 5.03 Å². The number of hydrogen-bond acceptors (Lipinski definition) is 3. The van der Waals surface area contributed by atoms with Crippen molar-refractivity contribution in [3.63, 3.8) is 0 Å². The molecule has 0 aromatic carbocycles. The van der Waals surface area contributed by atoms with Crippen LogP contribution in [0.15, 0.2) is 4.99 Å². The SMILES string of the molecule is CCCCCN=C(N)N[N+](=O)[O-]. The number of hydrogen-bond donors (Lipinski definition) is 2. The summed E-state index contributed by atoms with van der Waals surface area (Å²) in [6.07, 6.45) is 3.07. The van der Waals surface area contributed by atoms with E-state index < -0.39 is 5.03 Å². The molecule has 3 N–H and O–H groups in total. The van der Waals surface area contributed by atoms with E-state index in [1.165, 1.54) is 0 Å². The fraction of sp³-hybridized carbons (Fsp3) is 0.833. The van der Waals surface area contributed by atoms with Crippen LogP contribution in [0.5, 0.6) is 0 Å². The van der Waals surface area contributed by atoms with Gasteiger partial charge in [-0.25, -0.2) is 15.1 Å². The monoisotopic (exact) mass is 174 g/mol. The Balaban J connectivity index is 3.48. The van der Waals surface area contributed by atoms with E-state index in [1.807, 2.05) is 0 Å². The molecule has 6 heteroatoms. The zero-order chi connectivity index (χ0) is 9.40. The molecule has 0 aromatic rings. The molecule has 0 aromatic heterocycles. The smallest absolute Gasteiger partial charge is 0.251 e. The number of nitro groups is 1. The third-order valence-corrected chi connectivity index (χ3v) is 1.25. The van der Waals surface area contributed by atoms with Gasteiger partial charge in [-0.15, -0.1) is 0 Å². The van der Waals surface area contributed by atoms with Crippen LogP contribution in [-0.2, 0) is 0 Å². The lowest BCUT2D eigenvalue weighted by Gasteiger charge is -1.95. The Kier molecular flexibility index (Phi) is 5.68. The first-order valence-corrected chi connectivity index (χ1v) is 3.87. The summed E-state index contributed by atoms with van der Waals surface area (Å²) < 4.78 is 0. The average Bonchev–Trinajstić information content (AvgIpc) is 1.97. The molecule has 0 bridgehead atoms. The van der Waals surface area contributed by atoms with Crippen LogP contribution in [0, 0.1) is 10.1 Å². The molecule has 12 heavy (non-hydrogen) atoms. The van der Waals surface area contributed by atoms with Crippen LogP contribution >= 0.6 is 0 Å². The molecule has 0 rings (SSSR count). The van der Waals surface area contributed by atoms with Gasteiger partial charge in [0, 0.05) is 6.54 Å². The van der Waals surface area contributed by atoms with E-state index in [0.29, 0.717) is 6.54 Å². The zero-order valence-corrected chi connectivity index (χ0v) is 7.12. The van der Waals surface area contributed by atoms with Gasteiger partial charge in [0.1, 0.15) is 0 Å². The Labute approximate surface area is 71.0 Å². The van der Waals surface area contributed by atoms with Gasteiger partial charge in [-0.1, -0.05) is 25.2 Å². The fourth-order valence-electron chi connectivity index (χ4n) is 0.690. The van der Waals surface area contributed by atoms with Crippen LogP contribution in [0.25, 0.3) is 0 Å². The van der Waals surface area contributed by atoms with Gasteiger partial charge in [-0.2, -0.15) is 0 Å². The summed E-state index contributed by atoms with van der Waals surface area (Å²) in [6.45, 7) is 2.61. The highest BCUT2D eigenvalue weighted by atomic mass is 16.7. The topological polar surface area (TPSA) is 93.5 Å². The van der Waals surface area contributed by atoms with Gasteiger partial charge in [-0.05, 0) is 6.42 Å². The zero-order valence-electron chi connectivity index (χ0n) is 7.12. The van der Waals surface area contributed by atoms with Crippen LogP contribution < -0.4 is 11.2 Å². The van der Waals surface area contributed by atoms with Gasteiger partial charge >= 0.3 is 0 Å². The van der Waals surface area contributed by atoms with Crippen molar-refractivity contribution in [3.8, 4) is 0 Å². The minimum absolute atomic E-state index is 0.129. The van der Waals surface area contributed by atoms with E-state index in [4.69, 9.17) is 5.73 Å². The van der Waals surface area contributed by atoms with Gasteiger partial charge in [-0.3, -0.25) is 0 Å². The van der Waals surface area contributed by atoms with E-state index in [1.54, 1.807) is 5.43 Å². The maximum absolute atomic E-state index is 9.83. The van der Waals surface area contributed by atoms with Gasteiger partial charge in [0.25, 0.3) is 5.96 Å². The molecule has 0 heterocycles. The van der Waals surface area contributed by atoms with Crippen LogP contribution in [-0.4, -0.2) is 17.5 Å². The van der Waals surface area contributed by atoms with Gasteiger partial charge in [0.05, 0.1) is 0 Å². The molecule has 6 nitrogen and oxygen atoms in total. The molecule has 0 fully saturated rings. The summed E-state index contributed by atoms with van der Waals surface area (Å²) in [6, 6.07) is 0. The Morgan fingerprint density at radius 1 is 1.67 bits per heavy atom. The number of guanidine groups is 1. The molecule has 0 spiro atoms. The number of nitrogens with one attached hydrogen (secondary N) is 1. The van der Waals surface area contributed by atoms with Crippen molar-refractivity contribution in [2.45, 2.75) is 26.2 Å². The summed E-state index contributed by atoms with van der Waals surface area (Å²) in [5.74, 6) is -0.129. The number of nitrogens with zero attached hydrogens (tertiary/aromatic N) is 2. The fourth-order valence-corrected chi connectivity index (χ4v) is 0.690. The second kappa shape index (κ2) is 6.38. The third kappa shape index (κ3) is 6.79. The third-order valence-electron chi connectivity index (χ3n) is 1.25. The van der Waals surface area contributed by atoms with E-state index in [-0.39, 0.29) is 5.96 Å². The van der Waals surface area contributed by atoms with Crippen LogP contribution in [0.3, 0.4) is 0 Å². The Hall–Kier alpha value is -1.33. The van der Waals surface area contributed by atoms with E-state index >= 15 is 0 Å². The number of hydrazine groups is 1. The Morgan fingerprint density at radius 2 is 2.33 bits per heavy atom. The first-order chi connectivity index (χ1) is 5.66. The molecule has 0 aliphatic carbocycles. The molecular formula is C6H14N4O2. The second-order valence-corrected chi connectivity index (χ2v) is 2.34. The highest BCUT2D eigenvalue weighted by Gasteiger charge is 1.96. The lowest BCUT2D eigenvalue weighted by molar-refractivity contribution is -0.525. The molecule has 0 radical (unpaired) electrons. The van der Waals surface area contributed by atoms with Crippen molar-refractivity contribution < 1.29 is 5.03 Å². The summed E-state index contributed by atoms with van der Waals surface area (Å²) in [5, 5.41) is 9.11. The number of rotatable bonds is 5. The van der Waals surface area contributed by atoms with Crippen LogP contribution in [0.4, 0.5) is 0 Å². The van der Waals surface area contributed by atoms with Crippen molar-refractivity contribution in [1.29, 1.82) is 0 Å². The summed E-state index contributed by atoms with van der Waals surface area (Å²) in [7, 11) is 0. The first-order valence-electron chi connectivity index (χ1n) is 3.87.